The summed E-state index contributed by atoms with van der Waals surface area (Å²) in [5, 5.41) is 46.0. The van der Waals surface area contributed by atoms with E-state index in [0.717, 1.165) is 0 Å². The molecular formula is C24H25N3O9. The monoisotopic (exact) mass is 499 g/mol. The average molecular weight is 499 g/mol. The van der Waals surface area contributed by atoms with E-state index in [1.165, 1.54) is 11.0 Å². The summed E-state index contributed by atoms with van der Waals surface area (Å²) < 4.78 is 5.22. The molecule has 1 fully saturated rings. The number of hydrogen-bond acceptors (Lipinski definition) is 9. The summed E-state index contributed by atoms with van der Waals surface area (Å²) in [5.41, 5.74) is 1.79. The quantitative estimate of drug-likeness (QED) is 0.247. The van der Waals surface area contributed by atoms with Crippen LogP contribution in [0.2, 0.25) is 0 Å². The molecule has 1 heterocycles. The van der Waals surface area contributed by atoms with Crippen molar-refractivity contribution in [1.82, 2.24) is 4.90 Å². The Morgan fingerprint density at radius 1 is 1.11 bits per heavy atom. The zero-order chi connectivity index (χ0) is 25.9. The molecular weight excluding hydrogens is 474 g/mol. The second kappa shape index (κ2) is 8.35. The number of urea groups is 1. The largest absolute Gasteiger partial charge is 0.511 e. The first-order valence-corrected chi connectivity index (χ1v) is 11.5. The summed E-state index contributed by atoms with van der Waals surface area (Å²) in [6, 6.07) is 2.58. The van der Waals surface area contributed by atoms with Crippen LogP contribution in [0.1, 0.15) is 28.8 Å². The number of ketones is 2. The Morgan fingerprint density at radius 3 is 2.47 bits per heavy atom. The molecule has 36 heavy (non-hydrogen) atoms. The molecule has 3 amide bonds. The molecule has 1 aromatic rings. The second-order valence-electron chi connectivity index (χ2n) is 9.44. The highest BCUT2D eigenvalue weighted by Crippen LogP contribution is 2.51. The summed E-state index contributed by atoms with van der Waals surface area (Å²) in [6.45, 7) is 1.49. The van der Waals surface area contributed by atoms with Gasteiger partial charge >= 0.3 is 6.03 Å². The van der Waals surface area contributed by atoms with Crippen molar-refractivity contribution >= 4 is 29.2 Å². The first-order valence-electron chi connectivity index (χ1n) is 11.5. The van der Waals surface area contributed by atoms with E-state index in [0.29, 0.717) is 31.9 Å². The normalized spacial score (nSPS) is 27.9. The molecule has 12 heteroatoms. The third-order valence-corrected chi connectivity index (χ3v) is 7.47. The number of rotatable bonds is 2. The van der Waals surface area contributed by atoms with Crippen molar-refractivity contribution in [2.45, 2.75) is 24.9 Å². The van der Waals surface area contributed by atoms with Gasteiger partial charge in [-0.2, -0.15) is 0 Å². The number of ether oxygens (including phenoxy) is 1. The zero-order valence-electron chi connectivity index (χ0n) is 19.1. The Morgan fingerprint density at radius 2 is 1.81 bits per heavy atom. The molecule has 5 rings (SSSR count). The van der Waals surface area contributed by atoms with Crippen LogP contribution in [0.5, 0.6) is 5.75 Å². The lowest BCUT2D eigenvalue weighted by molar-refractivity contribution is -0.144. The maximum absolute atomic E-state index is 13.5. The lowest BCUT2D eigenvalue weighted by Gasteiger charge is -2.45. The van der Waals surface area contributed by atoms with Crippen LogP contribution < -0.4 is 11.1 Å². The van der Waals surface area contributed by atoms with E-state index in [-0.39, 0.29) is 36.1 Å². The fourth-order valence-corrected chi connectivity index (χ4v) is 5.66. The number of allylic oxidation sites excluding steroid dienone is 2. The number of aromatic hydroxyl groups is 1. The Balaban J connectivity index is 1.53. The first kappa shape index (κ1) is 23.8. The van der Waals surface area contributed by atoms with Gasteiger partial charge in [-0.25, -0.2) is 4.79 Å². The lowest BCUT2D eigenvalue weighted by Crippen LogP contribution is -2.57. The van der Waals surface area contributed by atoms with E-state index >= 15 is 0 Å². The molecule has 7 N–H and O–H groups in total. The van der Waals surface area contributed by atoms with Gasteiger partial charge in [0.25, 0.3) is 5.91 Å². The number of nitrogens with two attached hydrogens (primary N) is 1. The predicted molar refractivity (Wildman–Crippen MR) is 122 cm³/mol. The van der Waals surface area contributed by atoms with Crippen LogP contribution >= 0.6 is 0 Å². The van der Waals surface area contributed by atoms with Gasteiger partial charge in [-0.15, -0.1) is 0 Å². The third kappa shape index (κ3) is 3.36. The number of primary amides is 1. The first-order chi connectivity index (χ1) is 17.1. The fourth-order valence-electron chi connectivity index (χ4n) is 5.66. The maximum Gasteiger partial charge on any atom is 0.322 e. The summed E-state index contributed by atoms with van der Waals surface area (Å²) in [5.74, 6) is -6.94. The minimum atomic E-state index is -2.62. The van der Waals surface area contributed by atoms with Crippen molar-refractivity contribution in [2.75, 3.05) is 31.6 Å². The minimum Gasteiger partial charge on any atom is -0.511 e. The molecule has 1 aliphatic heterocycles. The van der Waals surface area contributed by atoms with E-state index < -0.39 is 63.8 Å². The highest BCUT2D eigenvalue weighted by molar-refractivity contribution is 6.24. The van der Waals surface area contributed by atoms with Crippen LogP contribution in [-0.2, 0) is 20.7 Å². The van der Waals surface area contributed by atoms with Crippen molar-refractivity contribution in [1.29, 1.82) is 0 Å². The molecule has 4 aliphatic rings. The number of carbonyl (C=O) groups excluding carboxylic acids is 4. The van der Waals surface area contributed by atoms with Gasteiger partial charge in [-0.3, -0.25) is 14.4 Å². The summed E-state index contributed by atoms with van der Waals surface area (Å²) in [6.07, 6.45) is -0.0357. The summed E-state index contributed by atoms with van der Waals surface area (Å²) >= 11 is 0. The highest BCUT2D eigenvalue weighted by Gasteiger charge is 2.59. The van der Waals surface area contributed by atoms with E-state index in [1.807, 2.05) is 0 Å². The standard InChI is InChI=1S/C24H25N3O9/c25-22(33)17-14(28)9-12-8-11-7-10-1-2-13(26-23(34)27-3-5-36-6-4-27)18(29)15(10)19(30)16(11)20(31)24(12,35)21(17)32/h1-2,11-12,28-29,31,35H,3-9H2,(H2,25,33)(H,26,34)/t11-,12-,24-/m0/s1. The Hall–Kier alpha value is -3.90. The molecule has 3 atom stereocenters. The molecule has 0 aromatic heterocycles. The van der Waals surface area contributed by atoms with Crippen molar-refractivity contribution in [2.24, 2.45) is 17.6 Å². The molecule has 0 radical (unpaired) electrons. The maximum atomic E-state index is 13.5. The van der Waals surface area contributed by atoms with E-state index in [1.54, 1.807) is 6.07 Å². The van der Waals surface area contributed by atoms with E-state index in [9.17, 15) is 39.6 Å². The number of anilines is 1. The van der Waals surface area contributed by atoms with Crippen molar-refractivity contribution in [3.05, 3.63) is 45.9 Å². The topological polar surface area (TPSA) is 200 Å². The molecule has 0 saturated carbocycles. The van der Waals surface area contributed by atoms with Crippen molar-refractivity contribution in [3.8, 4) is 5.75 Å². The van der Waals surface area contributed by atoms with Crippen LogP contribution in [0, 0.1) is 11.8 Å². The second-order valence-corrected chi connectivity index (χ2v) is 9.44. The van der Waals surface area contributed by atoms with Gasteiger partial charge in [0.05, 0.1) is 24.5 Å². The number of hydrogen-bond donors (Lipinski definition) is 6. The Kier molecular flexibility index (Phi) is 5.52. The fraction of sp³-hybridized carbons (Fsp3) is 0.417. The van der Waals surface area contributed by atoms with Gasteiger partial charge in [-0.1, -0.05) is 6.07 Å². The zero-order valence-corrected chi connectivity index (χ0v) is 19.1. The molecule has 3 aliphatic carbocycles. The number of morpholine rings is 1. The van der Waals surface area contributed by atoms with Gasteiger partial charge in [0, 0.05) is 31.0 Å². The smallest absolute Gasteiger partial charge is 0.322 e. The molecule has 190 valence electrons. The van der Waals surface area contributed by atoms with Crippen LogP contribution in [0.4, 0.5) is 10.5 Å². The lowest BCUT2D eigenvalue weighted by atomic mass is 9.60. The number of aliphatic hydroxyl groups excluding tert-OH is 2. The van der Waals surface area contributed by atoms with Gasteiger partial charge in [0.2, 0.25) is 5.78 Å². The number of fused-ring (bicyclic) bond motifs is 3. The predicted octanol–water partition coefficient (Wildman–Crippen LogP) is 0.445. The number of phenols is 1. The van der Waals surface area contributed by atoms with Crippen LogP contribution in [0.3, 0.4) is 0 Å². The van der Waals surface area contributed by atoms with Crippen LogP contribution in [0.15, 0.2) is 34.8 Å². The number of carbonyl (C=O) groups is 4. The third-order valence-electron chi connectivity index (χ3n) is 7.47. The molecule has 0 unspecified atom stereocenters. The number of nitrogens with zero attached hydrogens (tertiary/aromatic N) is 1. The summed E-state index contributed by atoms with van der Waals surface area (Å²) in [4.78, 5) is 52.3. The van der Waals surface area contributed by atoms with Crippen molar-refractivity contribution in [3.63, 3.8) is 0 Å². The van der Waals surface area contributed by atoms with Gasteiger partial charge in [0.15, 0.2) is 17.1 Å². The van der Waals surface area contributed by atoms with E-state index in [2.05, 4.69) is 5.32 Å². The number of phenolic OH excluding ortho intramolecular Hbond substituents is 1. The molecule has 1 aromatic carbocycles. The van der Waals surface area contributed by atoms with Crippen LogP contribution in [-0.4, -0.2) is 80.7 Å². The van der Waals surface area contributed by atoms with Crippen LogP contribution in [0.25, 0.3) is 0 Å². The highest BCUT2D eigenvalue weighted by atomic mass is 16.5. The average Bonchev–Trinajstić information content (AvgIpc) is 2.83. The molecule has 1 saturated heterocycles. The van der Waals surface area contributed by atoms with Gasteiger partial charge in [-0.05, 0) is 30.4 Å². The Labute approximate surface area is 204 Å². The number of Topliss-reactive ketones (excluding diaryl/α,β-unsaturated/α-hetero) is 2. The minimum absolute atomic E-state index is 0.0119. The summed E-state index contributed by atoms with van der Waals surface area (Å²) in [7, 11) is 0. The van der Waals surface area contributed by atoms with Gasteiger partial charge in [0.1, 0.15) is 17.1 Å². The van der Waals surface area contributed by atoms with E-state index in [4.69, 9.17) is 10.5 Å². The van der Waals surface area contributed by atoms with Gasteiger partial charge < -0.3 is 41.1 Å². The Bertz CT molecular complexity index is 1280. The molecule has 12 nitrogen and oxygen atoms in total. The number of nitrogens with one attached hydrogen (secondary N) is 1. The number of amides is 3. The molecule has 0 spiro atoms. The molecule has 0 bridgehead atoms. The van der Waals surface area contributed by atoms with Crippen molar-refractivity contribution < 1.29 is 44.3 Å². The number of benzene rings is 1. The number of aliphatic hydroxyl groups is 3. The SMILES string of the molecule is NC(=O)C1=C(O)C[C@@H]2C[C@@H]3Cc4ccc(NC(=O)N5CCOCC5)c(O)c4C(=O)C3=C(O)[C@]2(O)C1=O.